The summed E-state index contributed by atoms with van der Waals surface area (Å²) in [6, 6.07) is 9.64. The SMILES string of the molecule is CNc1ccccc1C(=O)NC1CCCC1C#N. The monoisotopic (exact) mass is 243 g/mol. The van der Waals surface area contributed by atoms with Gasteiger partial charge in [-0.15, -0.1) is 0 Å². The molecule has 4 nitrogen and oxygen atoms in total. The maximum absolute atomic E-state index is 12.2. The second kappa shape index (κ2) is 5.54. The van der Waals surface area contributed by atoms with Gasteiger partial charge in [0.05, 0.1) is 17.6 Å². The average molecular weight is 243 g/mol. The number of nitrogens with one attached hydrogen (secondary N) is 2. The number of rotatable bonds is 3. The van der Waals surface area contributed by atoms with Crippen molar-refractivity contribution < 1.29 is 4.79 Å². The van der Waals surface area contributed by atoms with Gasteiger partial charge in [-0.3, -0.25) is 4.79 Å². The molecule has 1 saturated carbocycles. The molecule has 94 valence electrons. The van der Waals surface area contributed by atoms with E-state index >= 15 is 0 Å². The molecule has 2 rings (SSSR count). The third-order valence-corrected chi connectivity index (χ3v) is 3.44. The van der Waals surface area contributed by atoms with Crippen molar-refractivity contribution in [2.24, 2.45) is 5.92 Å². The van der Waals surface area contributed by atoms with Crippen LogP contribution in [0, 0.1) is 17.2 Å². The van der Waals surface area contributed by atoms with Crippen molar-refractivity contribution in [3.05, 3.63) is 29.8 Å². The van der Waals surface area contributed by atoms with E-state index in [0.29, 0.717) is 5.56 Å². The van der Waals surface area contributed by atoms with Crippen LogP contribution in [0.1, 0.15) is 29.6 Å². The fraction of sp³-hybridized carbons (Fsp3) is 0.429. The molecule has 1 amide bonds. The number of para-hydroxylation sites is 1. The van der Waals surface area contributed by atoms with Crippen LogP contribution in [-0.2, 0) is 0 Å². The summed E-state index contributed by atoms with van der Waals surface area (Å²) in [4.78, 5) is 12.2. The second-order valence-electron chi connectivity index (χ2n) is 4.54. The Labute approximate surface area is 107 Å². The van der Waals surface area contributed by atoms with Crippen LogP contribution in [0.5, 0.6) is 0 Å². The summed E-state index contributed by atoms with van der Waals surface area (Å²) < 4.78 is 0. The van der Waals surface area contributed by atoms with Gasteiger partial charge in [-0.2, -0.15) is 5.26 Å². The Morgan fingerprint density at radius 1 is 1.39 bits per heavy atom. The zero-order valence-corrected chi connectivity index (χ0v) is 10.4. The highest BCUT2D eigenvalue weighted by molar-refractivity contribution is 5.99. The smallest absolute Gasteiger partial charge is 0.253 e. The summed E-state index contributed by atoms with van der Waals surface area (Å²) >= 11 is 0. The van der Waals surface area contributed by atoms with Gasteiger partial charge in [-0.25, -0.2) is 0 Å². The Morgan fingerprint density at radius 3 is 2.89 bits per heavy atom. The fourth-order valence-corrected chi connectivity index (χ4v) is 2.43. The highest BCUT2D eigenvalue weighted by atomic mass is 16.1. The molecule has 0 saturated heterocycles. The Balaban J connectivity index is 2.10. The van der Waals surface area contributed by atoms with Crippen LogP contribution >= 0.6 is 0 Å². The van der Waals surface area contributed by atoms with Crippen molar-refractivity contribution in [1.29, 1.82) is 5.26 Å². The lowest BCUT2D eigenvalue weighted by molar-refractivity contribution is 0.0933. The lowest BCUT2D eigenvalue weighted by Crippen LogP contribution is -2.37. The first-order chi connectivity index (χ1) is 8.76. The van der Waals surface area contributed by atoms with Crippen molar-refractivity contribution in [3.8, 4) is 6.07 Å². The van der Waals surface area contributed by atoms with Gasteiger partial charge in [0, 0.05) is 18.8 Å². The molecule has 2 N–H and O–H groups in total. The Morgan fingerprint density at radius 2 is 2.17 bits per heavy atom. The van der Waals surface area contributed by atoms with Crippen LogP contribution in [0.4, 0.5) is 5.69 Å². The third-order valence-electron chi connectivity index (χ3n) is 3.44. The number of hydrogen-bond donors (Lipinski definition) is 2. The molecule has 1 fully saturated rings. The third kappa shape index (κ3) is 2.45. The quantitative estimate of drug-likeness (QED) is 0.855. The van der Waals surface area contributed by atoms with Gasteiger partial charge in [0.15, 0.2) is 0 Å². The van der Waals surface area contributed by atoms with E-state index < -0.39 is 0 Å². The number of carbonyl (C=O) groups is 1. The van der Waals surface area contributed by atoms with E-state index in [0.717, 1.165) is 24.9 Å². The zero-order chi connectivity index (χ0) is 13.0. The van der Waals surface area contributed by atoms with Crippen LogP contribution < -0.4 is 10.6 Å². The molecule has 2 unspecified atom stereocenters. The molecular formula is C14H17N3O. The summed E-state index contributed by atoms with van der Waals surface area (Å²) in [5.41, 5.74) is 1.44. The Kier molecular flexibility index (Phi) is 3.83. The Hall–Kier alpha value is -2.02. The first kappa shape index (κ1) is 12.4. The number of hydrogen-bond acceptors (Lipinski definition) is 3. The second-order valence-corrected chi connectivity index (χ2v) is 4.54. The fourth-order valence-electron chi connectivity index (χ4n) is 2.43. The number of nitrogens with zero attached hydrogens (tertiary/aromatic N) is 1. The van der Waals surface area contributed by atoms with Gasteiger partial charge in [0.1, 0.15) is 0 Å². The van der Waals surface area contributed by atoms with Crippen molar-refractivity contribution >= 4 is 11.6 Å². The summed E-state index contributed by atoms with van der Waals surface area (Å²) in [5.74, 6) is -0.150. The predicted molar refractivity (Wildman–Crippen MR) is 70.2 cm³/mol. The van der Waals surface area contributed by atoms with E-state index in [1.54, 1.807) is 13.1 Å². The molecule has 0 heterocycles. The van der Waals surface area contributed by atoms with Crippen LogP contribution in [-0.4, -0.2) is 19.0 Å². The molecule has 1 aromatic carbocycles. The van der Waals surface area contributed by atoms with E-state index in [1.807, 2.05) is 18.2 Å². The minimum Gasteiger partial charge on any atom is -0.387 e. The van der Waals surface area contributed by atoms with Gasteiger partial charge in [-0.1, -0.05) is 12.1 Å². The number of benzene rings is 1. The molecule has 18 heavy (non-hydrogen) atoms. The van der Waals surface area contributed by atoms with Gasteiger partial charge >= 0.3 is 0 Å². The summed E-state index contributed by atoms with van der Waals surface area (Å²) in [5, 5.41) is 15.0. The topological polar surface area (TPSA) is 64.9 Å². The molecule has 2 atom stereocenters. The van der Waals surface area contributed by atoms with Gasteiger partial charge < -0.3 is 10.6 Å². The van der Waals surface area contributed by atoms with Gasteiger partial charge in [0.25, 0.3) is 5.91 Å². The highest BCUT2D eigenvalue weighted by Gasteiger charge is 2.28. The van der Waals surface area contributed by atoms with Crippen LogP contribution in [0.15, 0.2) is 24.3 Å². The van der Waals surface area contributed by atoms with Crippen LogP contribution in [0.2, 0.25) is 0 Å². The van der Waals surface area contributed by atoms with E-state index in [9.17, 15) is 4.79 Å². The van der Waals surface area contributed by atoms with Crippen LogP contribution in [0.25, 0.3) is 0 Å². The average Bonchev–Trinajstić information content (AvgIpc) is 2.85. The van der Waals surface area contributed by atoms with E-state index in [2.05, 4.69) is 16.7 Å². The van der Waals surface area contributed by atoms with E-state index in [1.165, 1.54) is 0 Å². The minimum absolute atomic E-state index is 0.00703. The largest absolute Gasteiger partial charge is 0.387 e. The molecule has 0 bridgehead atoms. The number of nitriles is 1. The molecule has 1 aromatic rings. The highest BCUT2D eigenvalue weighted by Crippen LogP contribution is 2.25. The molecular weight excluding hydrogens is 226 g/mol. The lowest BCUT2D eigenvalue weighted by Gasteiger charge is -2.17. The van der Waals surface area contributed by atoms with Crippen molar-refractivity contribution in [3.63, 3.8) is 0 Å². The minimum atomic E-state index is -0.105. The van der Waals surface area contributed by atoms with Crippen molar-refractivity contribution in [1.82, 2.24) is 5.32 Å². The maximum atomic E-state index is 12.2. The summed E-state index contributed by atoms with van der Waals surface area (Å²) in [6.45, 7) is 0. The first-order valence-corrected chi connectivity index (χ1v) is 6.23. The molecule has 0 aliphatic heterocycles. The summed E-state index contributed by atoms with van der Waals surface area (Å²) in [6.07, 6.45) is 2.79. The maximum Gasteiger partial charge on any atom is 0.253 e. The van der Waals surface area contributed by atoms with Crippen LogP contribution in [0.3, 0.4) is 0 Å². The van der Waals surface area contributed by atoms with Crippen molar-refractivity contribution in [2.45, 2.75) is 25.3 Å². The van der Waals surface area contributed by atoms with E-state index in [4.69, 9.17) is 5.26 Å². The number of carbonyl (C=O) groups excluding carboxylic acids is 1. The standard InChI is InChI=1S/C14H17N3O/c1-16-13-7-3-2-6-11(13)14(18)17-12-8-4-5-10(12)9-15/h2-3,6-7,10,12,16H,4-5,8H2,1H3,(H,17,18). The van der Waals surface area contributed by atoms with E-state index in [-0.39, 0.29) is 17.9 Å². The molecule has 1 aliphatic carbocycles. The molecule has 0 aromatic heterocycles. The molecule has 0 spiro atoms. The molecule has 0 radical (unpaired) electrons. The van der Waals surface area contributed by atoms with Gasteiger partial charge in [-0.05, 0) is 31.4 Å². The molecule has 1 aliphatic rings. The Bertz CT molecular complexity index is 478. The zero-order valence-electron chi connectivity index (χ0n) is 10.4. The predicted octanol–water partition coefficient (Wildman–Crippen LogP) is 2.15. The first-order valence-electron chi connectivity index (χ1n) is 6.23. The van der Waals surface area contributed by atoms with Gasteiger partial charge in [0.2, 0.25) is 0 Å². The summed E-state index contributed by atoms with van der Waals surface area (Å²) in [7, 11) is 1.79. The molecule has 4 heteroatoms. The normalized spacial score (nSPS) is 22.2. The van der Waals surface area contributed by atoms with Crippen molar-refractivity contribution in [2.75, 3.05) is 12.4 Å². The number of amides is 1. The lowest BCUT2D eigenvalue weighted by atomic mass is 10.0. The number of anilines is 1.